The summed E-state index contributed by atoms with van der Waals surface area (Å²) in [5, 5.41) is 17.3. The lowest BCUT2D eigenvalue weighted by molar-refractivity contribution is -0.0179. The summed E-state index contributed by atoms with van der Waals surface area (Å²) in [5.41, 5.74) is 2.34. The third kappa shape index (κ3) is 6.42. The van der Waals surface area contributed by atoms with E-state index in [1.165, 1.54) is 5.56 Å². The van der Waals surface area contributed by atoms with Crippen molar-refractivity contribution in [1.82, 2.24) is 24.9 Å². The van der Waals surface area contributed by atoms with E-state index < -0.39 is 5.60 Å². The van der Waals surface area contributed by atoms with Crippen LogP contribution in [0.3, 0.4) is 0 Å². The zero-order valence-corrected chi connectivity index (χ0v) is 17.8. The summed E-state index contributed by atoms with van der Waals surface area (Å²) in [6.07, 6.45) is 4.89. The number of aromatic nitrogens is 2. The molecule has 0 amide bonds. The van der Waals surface area contributed by atoms with Gasteiger partial charge in [0.1, 0.15) is 5.65 Å². The molecule has 0 radical (unpaired) electrons. The molecule has 1 atom stereocenters. The monoisotopic (exact) mass is 402 g/mol. The number of imidazole rings is 1. The maximum absolute atomic E-state index is 10.7. The van der Waals surface area contributed by atoms with Gasteiger partial charge >= 0.3 is 0 Å². The lowest BCUT2D eigenvalue weighted by Gasteiger charge is -2.33. The molecule has 0 bridgehead atoms. The number of hydrogen-bond acceptors (Lipinski definition) is 5. The number of nitrogens with one attached hydrogen (secondary N) is 2. The number of β-amino-alcohol motifs (C(OH)–C–C–N with tert-alkyl or cyclic N) is 1. The Morgan fingerprint density at radius 2 is 2.14 bits per heavy atom. The molecule has 1 aliphatic heterocycles. The maximum Gasteiger partial charge on any atom is 0.191 e. The molecule has 29 heavy (non-hydrogen) atoms. The minimum atomic E-state index is -0.876. The maximum atomic E-state index is 10.7. The van der Waals surface area contributed by atoms with E-state index in [-0.39, 0.29) is 0 Å². The Hall–Kier alpha value is -2.16. The number of morpholine rings is 1. The SMILES string of the molecule is CCNC(=NCC(C)(O)CN1CCOCC1)NCCc1cn2cccc(C)c2n1. The summed E-state index contributed by atoms with van der Waals surface area (Å²) in [7, 11) is 0. The van der Waals surface area contributed by atoms with Gasteiger partial charge in [-0.25, -0.2) is 4.98 Å². The molecule has 0 spiro atoms. The zero-order valence-electron chi connectivity index (χ0n) is 17.8. The van der Waals surface area contributed by atoms with Crippen molar-refractivity contribution >= 4 is 11.6 Å². The van der Waals surface area contributed by atoms with E-state index >= 15 is 0 Å². The number of rotatable bonds is 8. The van der Waals surface area contributed by atoms with E-state index in [0.717, 1.165) is 63.1 Å². The van der Waals surface area contributed by atoms with Crippen molar-refractivity contribution in [2.45, 2.75) is 32.8 Å². The van der Waals surface area contributed by atoms with Gasteiger partial charge in [-0.1, -0.05) is 6.07 Å². The zero-order chi connectivity index (χ0) is 20.7. The minimum absolute atomic E-state index is 0.341. The third-order valence-electron chi connectivity index (χ3n) is 4.99. The van der Waals surface area contributed by atoms with E-state index in [4.69, 9.17) is 9.72 Å². The van der Waals surface area contributed by atoms with Crippen LogP contribution in [0.25, 0.3) is 5.65 Å². The third-order valence-corrected chi connectivity index (χ3v) is 4.99. The second kappa shape index (κ2) is 10.0. The number of fused-ring (bicyclic) bond motifs is 1. The Morgan fingerprint density at radius 1 is 1.34 bits per heavy atom. The van der Waals surface area contributed by atoms with Gasteiger partial charge in [-0.05, 0) is 32.4 Å². The number of aliphatic imine (C=N–C) groups is 1. The van der Waals surface area contributed by atoms with Gasteiger partial charge in [0.2, 0.25) is 0 Å². The predicted molar refractivity (Wildman–Crippen MR) is 115 cm³/mol. The highest BCUT2D eigenvalue weighted by Gasteiger charge is 2.25. The second-order valence-corrected chi connectivity index (χ2v) is 7.91. The normalized spacial score (nSPS) is 18.0. The van der Waals surface area contributed by atoms with Crippen LogP contribution < -0.4 is 10.6 Å². The van der Waals surface area contributed by atoms with Crippen LogP contribution in [-0.2, 0) is 11.2 Å². The van der Waals surface area contributed by atoms with Crippen molar-refractivity contribution in [3.8, 4) is 0 Å². The Labute approximate surface area is 173 Å². The Balaban J connectivity index is 1.52. The van der Waals surface area contributed by atoms with Crippen LogP contribution >= 0.6 is 0 Å². The minimum Gasteiger partial charge on any atom is -0.387 e. The highest BCUT2D eigenvalue weighted by Crippen LogP contribution is 2.11. The molecule has 8 heteroatoms. The predicted octanol–water partition coefficient (Wildman–Crippen LogP) is 0.824. The van der Waals surface area contributed by atoms with Crippen molar-refractivity contribution in [1.29, 1.82) is 0 Å². The molecule has 1 aliphatic rings. The standard InChI is InChI=1S/C21H34N6O2/c1-4-22-20(24-15-21(3,28)16-26-10-12-29-13-11-26)23-8-7-18-14-27-9-5-6-17(2)19(27)25-18/h5-6,9,14,28H,4,7-8,10-13,15-16H2,1-3H3,(H2,22,23,24). The molecule has 160 valence electrons. The molecule has 2 aromatic rings. The van der Waals surface area contributed by atoms with E-state index in [1.54, 1.807) is 0 Å². The Bertz CT molecular complexity index is 811. The highest BCUT2D eigenvalue weighted by molar-refractivity contribution is 5.79. The van der Waals surface area contributed by atoms with Gasteiger partial charge in [0.05, 0.1) is 31.1 Å². The van der Waals surface area contributed by atoms with Gasteiger partial charge in [-0.3, -0.25) is 9.89 Å². The van der Waals surface area contributed by atoms with Crippen molar-refractivity contribution in [3.63, 3.8) is 0 Å². The second-order valence-electron chi connectivity index (χ2n) is 7.91. The first kappa shape index (κ1) is 21.5. The lowest BCUT2D eigenvalue weighted by Crippen LogP contribution is -2.48. The summed E-state index contributed by atoms with van der Waals surface area (Å²) in [4.78, 5) is 11.5. The molecule has 0 aliphatic carbocycles. The molecule has 2 aromatic heterocycles. The molecule has 1 fully saturated rings. The molecule has 3 N–H and O–H groups in total. The first-order valence-electron chi connectivity index (χ1n) is 10.4. The van der Waals surface area contributed by atoms with E-state index in [2.05, 4.69) is 44.1 Å². The average Bonchev–Trinajstić information content (AvgIpc) is 3.11. The van der Waals surface area contributed by atoms with Crippen molar-refractivity contribution in [2.24, 2.45) is 4.99 Å². The summed E-state index contributed by atoms with van der Waals surface area (Å²) in [6, 6.07) is 4.11. The number of nitrogens with zero attached hydrogens (tertiary/aromatic N) is 4. The smallest absolute Gasteiger partial charge is 0.191 e. The van der Waals surface area contributed by atoms with Crippen LogP contribution in [0.4, 0.5) is 0 Å². The Morgan fingerprint density at radius 3 is 2.86 bits per heavy atom. The van der Waals surface area contributed by atoms with Gasteiger partial charge in [0, 0.05) is 51.5 Å². The molecule has 1 unspecified atom stereocenters. The summed E-state index contributed by atoms with van der Waals surface area (Å²) in [5.74, 6) is 0.717. The fourth-order valence-corrected chi connectivity index (χ4v) is 3.52. The molecular weight excluding hydrogens is 368 g/mol. The van der Waals surface area contributed by atoms with Gasteiger partial charge < -0.3 is 24.9 Å². The van der Waals surface area contributed by atoms with Gasteiger partial charge in [0.25, 0.3) is 0 Å². The van der Waals surface area contributed by atoms with Crippen molar-refractivity contribution in [3.05, 3.63) is 35.8 Å². The van der Waals surface area contributed by atoms with Gasteiger partial charge in [0.15, 0.2) is 5.96 Å². The van der Waals surface area contributed by atoms with Crippen LogP contribution in [-0.4, -0.2) is 83.4 Å². The van der Waals surface area contributed by atoms with Gasteiger partial charge in [-0.15, -0.1) is 0 Å². The number of hydrogen-bond donors (Lipinski definition) is 3. The van der Waals surface area contributed by atoms with Crippen LogP contribution in [0.15, 0.2) is 29.5 Å². The molecule has 1 saturated heterocycles. The summed E-state index contributed by atoms with van der Waals surface area (Å²) < 4.78 is 7.44. The lowest BCUT2D eigenvalue weighted by atomic mass is 10.1. The molecule has 0 aromatic carbocycles. The fourth-order valence-electron chi connectivity index (χ4n) is 3.52. The fraction of sp³-hybridized carbons (Fsp3) is 0.619. The molecule has 3 heterocycles. The number of pyridine rings is 1. The number of aliphatic hydroxyl groups is 1. The topological polar surface area (TPSA) is 86.4 Å². The Kier molecular flexibility index (Phi) is 7.46. The molecular formula is C21H34N6O2. The van der Waals surface area contributed by atoms with E-state index in [1.807, 2.05) is 26.1 Å². The quantitative estimate of drug-likeness (QED) is 0.448. The van der Waals surface area contributed by atoms with Crippen LogP contribution in [0, 0.1) is 6.92 Å². The summed E-state index contributed by atoms with van der Waals surface area (Å²) >= 11 is 0. The summed E-state index contributed by atoms with van der Waals surface area (Å²) in [6.45, 7) is 11.6. The molecule has 8 nitrogen and oxygen atoms in total. The first-order chi connectivity index (χ1) is 14.0. The van der Waals surface area contributed by atoms with Crippen LogP contribution in [0.5, 0.6) is 0 Å². The molecule has 0 saturated carbocycles. The van der Waals surface area contributed by atoms with Crippen molar-refractivity contribution < 1.29 is 9.84 Å². The number of aryl methyl sites for hydroxylation is 1. The largest absolute Gasteiger partial charge is 0.387 e. The van der Waals surface area contributed by atoms with Crippen LogP contribution in [0.1, 0.15) is 25.1 Å². The van der Waals surface area contributed by atoms with E-state index in [0.29, 0.717) is 13.1 Å². The van der Waals surface area contributed by atoms with Gasteiger partial charge in [-0.2, -0.15) is 0 Å². The van der Waals surface area contributed by atoms with E-state index in [9.17, 15) is 5.11 Å². The first-order valence-corrected chi connectivity index (χ1v) is 10.4. The number of guanidine groups is 1. The molecule has 3 rings (SSSR count). The highest BCUT2D eigenvalue weighted by atomic mass is 16.5. The van der Waals surface area contributed by atoms with Crippen molar-refractivity contribution in [2.75, 3.05) is 52.5 Å². The number of ether oxygens (including phenoxy) is 1. The van der Waals surface area contributed by atoms with Crippen LogP contribution in [0.2, 0.25) is 0 Å². The average molecular weight is 403 g/mol.